The summed E-state index contributed by atoms with van der Waals surface area (Å²) in [4.78, 5) is 60.0. The minimum Gasteiger partial charge on any atom is -0.542 e. The Bertz CT molecular complexity index is 1900. The highest BCUT2D eigenvalue weighted by molar-refractivity contribution is 7.80. The first-order chi connectivity index (χ1) is 24.1. The van der Waals surface area contributed by atoms with Gasteiger partial charge in [0, 0.05) is 30.1 Å². The number of thiazole rings is 1. The maximum absolute atomic E-state index is 13.3. The van der Waals surface area contributed by atoms with Crippen molar-refractivity contribution in [2.75, 3.05) is 18.9 Å². The van der Waals surface area contributed by atoms with Crippen LogP contribution in [0.25, 0.3) is 11.3 Å². The molecule has 0 radical (unpaired) electrons. The molecule has 0 bridgehead atoms. The van der Waals surface area contributed by atoms with E-state index in [1.165, 1.54) is 25.4 Å². The van der Waals surface area contributed by atoms with Crippen molar-refractivity contribution < 1.29 is 69.4 Å². The monoisotopic (exact) mass is 779 g/mol. The van der Waals surface area contributed by atoms with Crippen molar-refractivity contribution in [2.45, 2.75) is 51.1 Å². The molecule has 1 fully saturated rings. The number of ketones is 1. The summed E-state index contributed by atoms with van der Waals surface area (Å²) >= 11 is 0.978. The van der Waals surface area contributed by atoms with E-state index in [9.17, 15) is 41.1 Å². The molecule has 0 aliphatic carbocycles. The smallest absolute Gasteiger partial charge is 0.430 e. The molecule has 284 valence electrons. The first-order valence-electron chi connectivity index (χ1n) is 14.5. The van der Waals surface area contributed by atoms with Gasteiger partial charge >= 0.3 is 22.5 Å². The van der Waals surface area contributed by atoms with Crippen LogP contribution in [0.2, 0.25) is 0 Å². The van der Waals surface area contributed by atoms with Crippen molar-refractivity contribution in [1.29, 1.82) is 0 Å². The number of hydrogen-bond acceptors (Lipinski definition) is 17. The molecular formula is C27H30F3N8O12S2-. The van der Waals surface area contributed by atoms with Crippen LogP contribution in [0.4, 0.5) is 18.3 Å². The summed E-state index contributed by atoms with van der Waals surface area (Å²) in [6.07, 6.45) is -1.72. The van der Waals surface area contributed by atoms with E-state index in [2.05, 4.69) is 24.5 Å². The predicted octanol–water partition coefficient (Wildman–Crippen LogP) is -0.185. The summed E-state index contributed by atoms with van der Waals surface area (Å²) in [5.74, 6) is -6.98. The van der Waals surface area contributed by atoms with E-state index in [4.69, 9.17) is 35.5 Å². The first-order valence-corrected chi connectivity index (χ1v) is 16.7. The zero-order valence-electron chi connectivity index (χ0n) is 26.9. The molecule has 25 heteroatoms. The third-order valence-electron chi connectivity index (χ3n) is 6.90. The summed E-state index contributed by atoms with van der Waals surface area (Å²) in [5, 5.41) is 28.4. The summed E-state index contributed by atoms with van der Waals surface area (Å²) in [7, 11) is -4.99. The van der Waals surface area contributed by atoms with Crippen LogP contribution in [-0.4, -0.2) is 103 Å². The van der Waals surface area contributed by atoms with Gasteiger partial charge in [0.05, 0.1) is 29.5 Å². The van der Waals surface area contributed by atoms with Gasteiger partial charge in [-0.05, 0) is 38.9 Å². The number of Topliss-reactive ketones (excluding diaryl/α,β-unsaturated/α-hetero) is 1. The number of aryl methyl sites for hydroxylation is 1. The molecule has 4 rings (SSSR count). The molecule has 0 saturated carbocycles. The molecule has 20 nitrogen and oxygen atoms in total. The maximum Gasteiger partial charge on any atom is 0.430 e. The van der Waals surface area contributed by atoms with E-state index in [1.807, 2.05) is 6.20 Å². The Morgan fingerprint density at radius 2 is 1.90 bits per heavy atom. The number of amides is 1. The second-order valence-electron chi connectivity index (χ2n) is 11.0. The number of pyridine rings is 1. The molecule has 1 aliphatic heterocycles. The van der Waals surface area contributed by atoms with Crippen LogP contribution < -0.4 is 21.3 Å². The molecule has 2 atom stereocenters. The van der Waals surface area contributed by atoms with Crippen molar-refractivity contribution in [3.63, 3.8) is 0 Å². The molecule has 1 amide bonds. The molecule has 3 aromatic rings. The van der Waals surface area contributed by atoms with Gasteiger partial charge in [0.1, 0.15) is 24.0 Å². The second kappa shape index (κ2) is 16.9. The Balaban J connectivity index is 0.000000944. The number of carbonyl (C=O) groups is 4. The van der Waals surface area contributed by atoms with Crippen LogP contribution in [0.3, 0.4) is 0 Å². The number of halogens is 3. The number of hydroxylamine groups is 2. The zero-order chi connectivity index (χ0) is 39.0. The third kappa shape index (κ3) is 11.1. The Morgan fingerprint density at radius 1 is 1.23 bits per heavy atom. The number of nitrogen functional groups attached to an aromatic ring is 1. The molecule has 52 heavy (non-hydrogen) atoms. The number of nitrogens with two attached hydrogens (primary N) is 2. The minimum atomic E-state index is -5.19. The SMILES string of the molecule is CC1(C)C(CC(=O)/C(=N\O[C@@H](COc2ccc(-c3cnn(CCCN)c3)nc2)C(=O)O)c2csc(N)n2)C(=O)N1OS(=O)(=O)O.O=C([O-])C(F)(F)F. The van der Waals surface area contributed by atoms with Crippen LogP contribution in [0.15, 0.2) is 41.3 Å². The van der Waals surface area contributed by atoms with Gasteiger partial charge in [-0.1, -0.05) is 5.16 Å². The quantitative estimate of drug-likeness (QED) is 0.0634. The van der Waals surface area contributed by atoms with Crippen LogP contribution >= 0.6 is 11.3 Å². The number of anilines is 1. The Morgan fingerprint density at radius 3 is 2.40 bits per heavy atom. The van der Waals surface area contributed by atoms with Gasteiger partial charge in [0.2, 0.25) is 0 Å². The number of hydrogen-bond donors (Lipinski definition) is 4. The number of aromatic nitrogens is 4. The molecule has 1 unspecified atom stereocenters. The second-order valence-corrected chi connectivity index (χ2v) is 12.9. The number of β-lactam (4-membered cyclic amide) rings is 1. The summed E-state index contributed by atoms with van der Waals surface area (Å²) in [6.45, 7) is 3.52. The van der Waals surface area contributed by atoms with Crippen LogP contribution in [0.1, 0.15) is 32.4 Å². The van der Waals surface area contributed by atoms with E-state index in [1.54, 1.807) is 23.0 Å². The van der Waals surface area contributed by atoms with E-state index in [-0.39, 0.29) is 16.6 Å². The zero-order valence-corrected chi connectivity index (χ0v) is 28.6. The number of ether oxygens (including phenoxy) is 1. The lowest BCUT2D eigenvalue weighted by molar-refractivity contribution is -0.344. The van der Waals surface area contributed by atoms with Gasteiger partial charge in [-0.3, -0.25) is 23.8 Å². The van der Waals surface area contributed by atoms with E-state index < -0.39 is 76.5 Å². The number of aliphatic carboxylic acids is 2. The molecular weight excluding hydrogens is 749 g/mol. The number of nitrogens with zero attached hydrogens (tertiary/aromatic N) is 6. The number of carbonyl (C=O) groups excluding carboxylic acids is 3. The summed E-state index contributed by atoms with van der Waals surface area (Å²) in [6, 6.07) is 3.25. The summed E-state index contributed by atoms with van der Waals surface area (Å²) < 4.78 is 74.3. The van der Waals surface area contributed by atoms with Crippen LogP contribution in [0.5, 0.6) is 5.75 Å². The fourth-order valence-corrected chi connectivity index (χ4v) is 5.23. The topological polar surface area (TPSA) is 305 Å². The summed E-state index contributed by atoms with van der Waals surface area (Å²) in [5.41, 5.74) is 10.8. The lowest BCUT2D eigenvalue weighted by Gasteiger charge is -2.50. The Hall–Kier alpha value is -5.24. The number of oxime groups is 1. The highest BCUT2D eigenvalue weighted by atomic mass is 32.3. The molecule has 6 N–H and O–H groups in total. The number of carboxylic acid groups (broad SMARTS) is 2. The van der Waals surface area contributed by atoms with Gasteiger partial charge in [-0.15, -0.1) is 15.6 Å². The van der Waals surface area contributed by atoms with E-state index in [0.717, 1.165) is 23.3 Å². The lowest BCUT2D eigenvalue weighted by atomic mass is 9.74. The molecule has 0 aromatic carbocycles. The fourth-order valence-electron chi connectivity index (χ4n) is 4.23. The average Bonchev–Trinajstić information content (AvgIpc) is 3.71. The highest BCUT2D eigenvalue weighted by Crippen LogP contribution is 2.40. The van der Waals surface area contributed by atoms with Crippen molar-refractivity contribution >= 4 is 56.2 Å². The largest absolute Gasteiger partial charge is 0.542 e. The predicted molar refractivity (Wildman–Crippen MR) is 168 cm³/mol. The number of carboxylic acids is 2. The average molecular weight is 780 g/mol. The molecule has 1 saturated heterocycles. The number of rotatable bonds is 16. The maximum atomic E-state index is 13.3. The lowest BCUT2D eigenvalue weighted by Crippen LogP contribution is -2.68. The van der Waals surface area contributed by atoms with E-state index in [0.29, 0.717) is 23.8 Å². The molecule has 1 aliphatic rings. The van der Waals surface area contributed by atoms with Gasteiger partial charge < -0.3 is 36.0 Å². The van der Waals surface area contributed by atoms with E-state index >= 15 is 0 Å². The third-order valence-corrected chi connectivity index (χ3v) is 7.91. The van der Waals surface area contributed by atoms with Crippen molar-refractivity contribution in [3.05, 3.63) is 41.8 Å². The molecule has 4 heterocycles. The standard InChI is InChI=1S/C25H30N8O10S2.C2HF3O2/c1-25(2)16(22(35)33(25)43-45(38,39)40)8-19(34)21(18-13-44-24(27)30-18)31-42-20(23(36)37)12-41-15-4-5-17(28-10-15)14-9-29-32(11-14)7-3-6-26;3-2(4,5)1(6)7/h4-5,9-11,13,16,20H,3,6-8,12,26H2,1-2H3,(H2,27,30)(H,36,37)(H,38,39,40);(H,6,7)/p-1/b31-21-;/t16?,20-;/m0./s1. The number of alkyl halides is 3. The van der Waals surface area contributed by atoms with Crippen molar-refractivity contribution in [2.24, 2.45) is 16.8 Å². The molecule has 0 spiro atoms. The van der Waals surface area contributed by atoms with Gasteiger partial charge in [0.25, 0.3) is 12.0 Å². The molecule has 3 aromatic heterocycles. The van der Waals surface area contributed by atoms with Crippen LogP contribution in [-0.2, 0) is 45.2 Å². The van der Waals surface area contributed by atoms with Gasteiger partial charge in [-0.25, -0.2) is 9.78 Å². The highest BCUT2D eigenvalue weighted by Gasteiger charge is 2.57. The van der Waals surface area contributed by atoms with Crippen LogP contribution in [0, 0.1) is 5.92 Å². The fraction of sp³-hybridized carbons (Fsp3) is 0.407. The van der Waals surface area contributed by atoms with Crippen molar-refractivity contribution in [1.82, 2.24) is 24.8 Å². The van der Waals surface area contributed by atoms with Crippen molar-refractivity contribution in [3.8, 4) is 17.0 Å². The minimum absolute atomic E-state index is 0.0330. The van der Waals surface area contributed by atoms with Gasteiger partial charge in [0.15, 0.2) is 16.6 Å². The first kappa shape index (κ1) is 41.2. The Labute approximate surface area is 295 Å². The Kier molecular flexibility index (Phi) is 13.3. The van der Waals surface area contributed by atoms with Gasteiger partial charge in [-0.2, -0.15) is 31.8 Å². The normalized spacial score (nSPS) is 16.3.